The van der Waals surface area contributed by atoms with Gasteiger partial charge in [-0.1, -0.05) is 47.1 Å². The van der Waals surface area contributed by atoms with Crippen LogP contribution in [0.5, 0.6) is 0 Å². The molecule has 0 aliphatic rings. The van der Waals surface area contributed by atoms with Crippen molar-refractivity contribution in [1.82, 2.24) is 10.1 Å². The lowest BCUT2D eigenvalue weighted by atomic mass is 10.1. The van der Waals surface area contributed by atoms with Crippen molar-refractivity contribution in [3.8, 4) is 11.3 Å². The first-order chi connectivity index (χ1) is 11.4. The molecule has 0 radical (unpaired) electrons. The molecule has 124 valence electrons. The predicted molar refractivity (Wildman–Crippen MR) is 83.5 cm³/mol. The maximum Gasteiger partial charge on any atom is 0.417 e. The van der Waals surface area contributed by atoms with Gasteiger partial charge in [-0.2, -0.15) is 13.2 Å². The summed E-state index contributed by atoms with van der Waals surface area (Å²) >= 11 is 5.83. The fourth-order valence-electron chi connectivity index (χ4n) is 2.04. The van der Waals surface area contributed by atoms with Crippen LogP contribution in [0.25, 0.3) is 11.3 Å². The third kappa shape index (κ3) is 3.68. The molecular formula is C16H11ClF3N3O. The normalized spacial score (nSPS) is 11.5. The molecule has 0 unspecified atom stereocenters. The van der Waals surface area contributed by atoms with Crippen molar-refractivity contribution in [2.45, 2.75) is 12.7 Å². The standard InChI is InChI=1S/C16H11ClF3N3O/c17-13-6-11(16(18,19)20)8-21-15(13)22-9-12-7-14(23-24-12)10-4-2-1-3-5-10/h1-8H,9H2,(H,21,22). The van der Waals surface area contributed by atoms with Crippen molar-refractivity contribution in [1.29, 1.82) is 0 Å². The molecule has 0 fully saturated rings. The molecule has 3 aromatic rings. The molecule has 0 bridgehead atoms. The summed E-state index contributed by atoms with van der Waals surface area (Å²) in [6.45, 7) is 0.192. The predicted octanol–water partition coefficient (Wildman–Crippen LogP) is 5.02. The van der Waals surface area contributed by atoms with Gasteiger partial charge in [0.15, 0.2) is 5.76 Å². The monoisotopic (exact) mass is 353 g/mol. The second kappa shape index (κ2) is 6.52. The van der Waals surface area contributed by atoms with Crippen LogP contribution in [0.4, 0.5) is 19.0 Å². The molecule has 0 atom stereocenters. The summed E-state index contributed by atoms with van der Waals surface area (Å²) in [5, 5.41) is 6.66. The fraction of sp³-hybridized carbons (Fsp3) is 0.125. The van der Waals surface area contributed by atoms with Crippen molar-refractivity contribution in [2.75, 3.05) is 5.32 Å². The van der Waals surface area contributed by atoms with E-state index in [2.05, 4.69) is 15.5 Å². The number of anilines is 1. The number of nitrogens with one attached hydrogen (secondary N) is 1. The van der Waals surface area contributed by atoms with E-state index in [0.29, 0.717) is 11.5 Å². The number of benzene rings is 1. The van der Waals surface area contributed by atoms with Crippen LogP contribution in [0.2, 0.25) is 5.02 Å². The van der Waals surface area contributed by atoms with Gasteiger partial charge < -0.3 is 9.84 Å². The summed E-state index contributed by atoms with van der Waals surface area (Å²) in [5.74, 6) is 0.647. The van der Waals surface area contributed by atoms with Gasteiger partial charge in [-0.25, -0.2) is 4.98 Å². The lowest BCUT2D eigenvalue weighted by Gasteiger charge is -2.09. The van der Waals surface area contributed by atoms with Crippen LogP contribution < -0.4 is 5.32 Å². The Hall–Kier alpha value is -2.54. The van der Waals surface area contributed by atoms with Gasteiger partial charge in [0.05, 0.1) is 17.1 Å². The van der Waals surface area contributed by atoms with E-state index in [0.717, 1.165) is 17.8 Å². The molecule has 0 spiro atoms. The van der Waals surface area contributed by atoms with Crippen molar-refractivity contribution < 1.29 is 17.7 Å². The van der Waals surface area contributed by atoms with Gasteiger partial charge in [-0.3, -0.25) is 0 Å². The Morgan fingerprint density at radius 2 is 1.88 bits per heavy atom. The Bertz CT molecular complexity index is 834. The number of alkyl halides is 3. The Balaban J connectivity index is 1.69. The Morgan fingerprint density at radius 3 is 2.54 bits per heavy atom. The summed E-state index contributed by atoms with van der Waals surface area (Å²) < 4.78 is 42.9. The highest BCUT2D eigenvalue weighted by molar-refractivity contribution is 6.32. The van der Waals surface area contributed by atoms with Gasteiger partial charge in [0.25, 0.3) is 0 Å². The summed E-state index contributed by atoms with van der Waals surface area (Å²) in [5.41, 5.74) is 0.668. The number of pyridine rings is 1. The molecular weight excluding hydrogens is 343 g/mol. The second-order valence-electron chi connectivity index (χ2n) is 4.95. The van der Waals surface area contributed by atoms with E-state index >= 15 is 0 Å². The highest BCUT2D eigenvalue weighted by Gasteiger charge is 2.31. The van der Waals surface area contributed by atoms with Crippen LogP contribution in [-0.4, -0.2) is 10.1 Å². The van der Waals surface area contributed by atoms with Crippen molar-refractivity contribution in [2.24, 2.45) is 0 Å². The summed E-state index contributed by atoms with van der Waals surface area (Å²) in [6, 6.07) is 12.0. The molecule has 1 aromatic carbocycles. The Kier molecular flexibility index (Phi) is 4.44. The number of hydrogen-bond acceptors (Lipinski definition) is 4. The molecule has 0 aliphatic carbocycles. The highest BCUT2D eigenvalue weighted by Crippen LogP contribution is 2.32. The number of nitrogens with zero attached hydrogens (tertiary/aromatic N) is 2. The van der Waals surface area contributed by atoms with E-state index in [9.17, 15) is 13.2 Å². The van der Waals surface area contributed by atoms with Gasteiger partial charge in [0.2, 0.25) is 0 Å². The molecule has 2 heterocycles. The Labute approximate surface area is 140 Å². The Morgan fingerprint density at radius 1 is 1.12 bits per heavy atom. The molecule has 0 aliphatic heterocycles. The van der Waals surface area contributed by atoms with Crippen LogP contribution in [-0.2, 0) is 12.7 Å². The van der Waals surface area contributed by atoms with E-state index in [1.807, 2.05) is 30.3 Å². The summed E-state index contributed by atoms with van der Waals surface area (Å²) in [6.07, 6.45) is -3.76. The zero-order valence-electron chi connectivity index (χ0n) is 12.1. The lowest BCUT2D eigenvalue weighted by molar-refractivity contribution is -0.137. The van der Waals surface area contributed by atoms with Gasteiger partial charge in [-0.15, -0.1) is 0 Å². The molecule has 4 nitrogen and oxygen atoms in total. The first-order valence-corrected chi connectivity index (χ1v) is 7.29. The van der Waals surface area contributed by atoms with Crippen molar-refractivity contribution in [3.05, 3.63) is 65.0 Å². The van der Waals surface area contributed by atoms with Crippen LogP contribution in [0.3, 0.4) is 0 Å². The molecule has 3 rings (SSSR count). The second-order valence-corrected chi connectivity index (χ2v) is 5.36. The number of aromatic nitrogens is 2. The maximum absolute atomic E-state index is 12.6. The molecule has 8 heteroatoms. The minimum absolute atomic E-state index is 0.118. The quantitative estimate of drug-likeness (QED) is 0.715. The summed E-state index contributed by atoms with van der Waals surface area (Å²) in [4.78, 5) is 3.70. The SMILES string of the molecule is FC(F)(F)c1cnc(NCc2cc(-c3ccccc3)no2)c(Cl)c1. The molecule has 2 aromatic heterocycles. The maximum atomic E-state index is 12.6. The molecule has 0 amide bonds. The van der Waals surface area contributed by atoms with Crippen molar-refractivity contribution >= 4 is 17.4 Å². The largest absolute Gasteiger partial charge is 0.417 e. The van der Waals surface area contributed by atoms with Crippen LogP contribution in [0, 0.1) is 0 Å². The van der Waals surface area contributed by atoms with E-state index in [4.69, 9.17) is 16.1 Å². The van der Waals surface area contributed by atoms with Crippen LogP contribution in [0.15, 0.2) is 53.2 Å². The molecule has 24 heavy (non-hydrogen) atoms. The van der Waals surface area contributed by atoms with Gasteiger partial charge in [-0.05, 0) is 6.07 Å². The van der Waals surface area contributed by atoms with E-state index in [-0.39, 0.29) is 17.4 Å². The fourth-order valence-corrected chi connectivity index (χ4v) is 2.27. The zero-order chi connectivity index (χ0) is 17.2. The average Bonchev–Trinajstić information content (AvgIpc) is 3.02. The van der Waals surface area contributed by atoms with E-state index in [1.165, 1.54) is 0 Å². The van der Waals surface area contributed by atoms with Crippen molar-refractivity contribution in [3.63, 3.8) is 0 Å². The highest BCUT2D eigenvalue weighted by atomic mass is 35.5. The van der Waals surface area contributed by atoms with Gasteiger partial charge in [0.1, 0.15) is 11.5 Å². The minimum Gasteiger partial charge on any atom is -0.361 e. The van der Waals surface area contributed by atoms with E-state index < -0.39 is 11.7 Å². The van der Waals surface area contributed by atoms with Gasteiger partial charge in [0, 0.05) is 17.8 Å². The number of hydrogen-bond donors (Lipinski definition) is 1. The molecule has 0 saturated carbocycles. The smallest absolute Gasteiger partial charge is 0.361 e. The minimum atomic E-state index is -4.48. The van der Waals surface area contributed by atoms with Crippen LogP contribution >= 0.6 is 11.6 Å². The summed E-state index contributed by atoms with van der Waals surface area (Å²) in [7, 11) is 0. The number of halogens is 4. The van der Waals surface area contributed by atoms with Gasteiger partial charge >= 0.3 is 6.18 Å². The lowest BCUT2D eigenvalue weighted by Crippen LogP contribution is -2.07. The zero-order valence-corrected chi connectivity index (χ0v) is 12.9. The topological polar surface area (TPSA) is 51.0 Å². The molecule has 0 saturated heterocycles. The third-order valence-corrected chi connectivity index (χ3v) is 3.52. The third-order valence-electron chi connectivity index (χ3n) is 3.23. The first-order valence-electron chi connectivity index (χ1n) is 6.91. The average molecular weight is 354 g/mol. The molecule has 1 N–H and O–H groups in total. The first kappa shape index (κ1) is 16.3. The van der Waals surface area contributed by atoms with E-state index in [1.54, 1.807) is 6.07 Å². The number of rotatable bonds is 4. The van der Waals surface area contributed by atoms with Crippen LogP contribution in [0.1, 0.15) is 11.3 Å².